The largest absolute Gasteiger partial charge is 0.467 e. The van der Waals surface area contributed by atoms with E-state index >= 15 is 0 Å². The first-order chi connectivity index (χ1) is 7.81. The first-order valence-corrected chi connectivity index (χ1v) is 5.34. The Morgan fingerprint density at radius 3 is 2.88 bits per heavy atom. The van der Waals surface area contributed by atoms with Gasteiger partial charge in [0.15, 0.2) is 5.82 Å². The molecule has 0 spiro atoms. The third-order valence-corrected chi connectivity index (χ3v) is 2.69. The lowest BCUT2D eigenvalue weighted by Gasteiger charge is -2.08. The number of halogens is 1. The molecule has 0 amide bonds. The molecule has 0 saturated carbocycles. The van der Waals surface area contributed by atoms with Gasteiger partial charge in [-0.3, -0.25) is 0 Å². The van der Waals surface area contributed by atoms with E-state index in [4.69, 9.17) is 10.3 Å². The van der Waals surface area contributed by atoms with Crippen molar-refractivity contribution in [1.29, 1.82) is 0 Å². The lowest BCUT2D eigenvalue weighted by atomic mass is 10.4. The fourth-order valence-corrected chi connectivity index (χ4v) is 1.64. The van der Waals surface area contributed by atoms with E-state index in [1.807, 2.05) is 12.1 Å². The Hall–Kier alpha value is -1.60. The highest BCUT2D eigenvalue weighted by atomic mass is 79.9. The molecule has 0 bridgehead atoms. The highest BCUT2D eigenvalue weighted by Gasteiger charge is 2.07. The van der Waals surface area contributed by atoms with Gasteiger partial charge in [0.1, 0.15) is 22.4 Å². The maximum Gasteiger partial charge on any atom is 0.159 e. The van der Waals surface area contributed by atoms with E-state index in [0.717, 1.165) is 5.76 Å². The molecule has 0 radical (unpaired) electrons. The zero-order valence-corrected chi connectivity index (χ0v) is 9.86. The number of nitrogens with zero attached hydrogens (tertiary/aromatic N) is 2. The van der Waals surface area contributed by atoms with Gasteiger partial charge in [-0.05, 0) is 28.1 Å². The number of rotatable bonds is 4. The molecular weight excluding hydrogens is 274 g/mol. The SMILES string of the molecule is NNc1ncnc(NCc2ccco2)c1Br. The molecule has 7 heteroatoms. The number of nitrogens with one attached hydrogen (secondary N) is 2. The van der Waals surface area contributed by atoms with Crippen LogP contribution >= 0.6 is 15.9 Å². The molecule has 2 rings (SSSR count). The highest BCUT2D eigenvalue weighted by Crippen LogP contribution is 2.25. The molecule has 16 heavy (non-hydrogen) atoms. The second-order valence-corrected chi connectivity index (χ2v) is 3.76. The molecule has 0 aliphatic rings. The summed E-state index contributed by atoms with van der Waals surface area (Å²) in [5.74, 6) is 7.30. The Bertz CT molecular complexity index is 459. The second kappa shape index (κ2) is 4.95. The maximum atomic E-state index is 5.29. The third kappa shape index (κ3) is 2.31. The van der Waals surface area contributed by atoms with Gasteiger partial charge < -0.3 is 15.2 Å². The van der Waals surface area contributed by atoms with E-state index in [1.165, 1.54) is 6.33 Å². The Labute approximate surface area is 100 Å². The number of hydrazine groups is 1. The predicted octanol–water partition coefficient (Wildman–Crippen LogP) is 1.73. The molecule has 4 N–H and O–H groups in total. The van der Waals surface area contributed by atoms with Crippen LogP contribution in [0.15, 0.2) is 33.6 Å². The van der Waals surface area contributed by atoms with Gasteiger partial charge in [0.2, 0.25) is 0 Å². The van der Waals surface area contributed by atoms with Gasteiger partial charge in [-0.1, -0.05) is 0 Å². The molecule has 2 aromatic heterocycles. The zero-order valence-electron chi connectivity index (χ0n) is 8.27. The van der Waals surface area contributed by atoms with E-state index in [2.05, 4.69) is 36.6 Å². The van der Waals surface area contributed by atoms with E-state index in [0.29, 0.717) is 22.7 Å². The molecule has 0 unspecified atom stereocenters. The summed E-state index contributed by atoms with van der Waals surface area (Å²) in [6.45, 7) is 0.548. The van der Waals surface area contributed by atoms with Crippen molar-refractivity contribution in [3.63, 3.8) is 0 Å². The molecule has 0 saturated heterocycles. The molecule has 2 aromatic rings. The monoisotopic (exact) mass is 283 g/mol. The number of furan rings is 1. The van der Waals surface area contributed by atoms with Crippen molar-refractivity contribution in [3.8, 4) is 0 Å². The number of anilines is 2. The Morgan fingerprint density at radius 2 is 2.19 bits per heavy atom. The molecule has 0 aliphatic heterocycles. The van der Waals surface area contributed by atoms with Gasteiger partial charge in [0.25, 0.3) is 0 Å². The summed E-state index contributed by atoms with van der Waals surface area (Å²) in [6, 6.07) is 3.71. The van der Waals surface area contributed by atoms with Crippen LogP contribution < -0.4 is 16.6 Å². The van der Waals surface area contributed by atoms with E-state index < -0.39 is 0 Å². The van der Waals surface area contributed by atoms with Crippen molar-refractivity contribution in [3.05, 3.63) is 35.0 Å². The number of hydrogen-bond donors (Lipinski definition) is 3. The average Bonchev–Trinajstić information content (AvgIpc) is 2.81. The first kappa shape index (κ1) is 10.9. The number of hydrogen-bond acceptors (Lipinski definition) is 6. The normalized spacial score (nSPS) is 10.1. The van der Waals surface area contributed by atoms with Crippen LogP contribution in [-0.2, 0) is 6.54 Å². The molecule has 84 valence electrons. The van der Waals surface area contributed by atoms with Crippen molar-refractivity contribution in [1.82, 2.24) is 9.97 Å². The maximum absolute atomic E-state index is 5.29. The van der Waals surface area contributed by atoms with Crippen molar-refractivity contribution < 1.29 is 4.42 Å². The molecule has 0 fully saturated rings. The quantitative estimate of drug-likeness (QED) is 0.585. The summed E-state index contributed by atoms with van der Waals surface area (Å²) in [5, 5.41) is 3.10. The molecular formula is C9H10BrN5O. The minimum Gasteiger partial charge on any atom is -0.467 e. The number of nitrogens with two attached hydrogens (primary N) is 1. The van der Waals surface area contributed by atoms with Gasteiger partial charge >= 0.3 is 0 Å². The Balaban J connectivity index is 2.09. The Morgan fingerprint density at radius 1 is 1.38 bits per heavy atom. The smallest absolute Gasteiger partial charge is 0.159 e. The van der Waals surface area contributed by atoms with Crippen molar-refractivity contribution in [2.75, 3.05) is 10.7 Å². The van der Waals surface area contributed by atoms with Crippen LogP contribution in [0.2, 0.25) is 0 Å². The summed E-state index contributed by atoms with van der Waals surface area (Å²) in [5.41, 5.74) is 2.47. The van der Waals surface area contributed by atoms with Gasteiger partial charge in [-0.25, -0.2) is 15.8 Å². The van der Waals surface area contributed by atoms with E-state index in [9.17, 15) is 0 Å². The minimum absolute atomic E-state index is 0.525. The topological polar surface area (TPSA) is 89.0 Å². The van der Waals surface area contributed by atoms with Gasteiger partial charge in [-0.15, -0.1) is 0 Å². The van der Waals surface area contributed by atoms with Crippen LogP contribution in [0.25, 0.3) is 0 Å². The third-order valence-electron chi connectivity index (χ3n) is 1.94. The van der Waals surface area contributed by atoms with Gasteiger partial charge in [0, 0.05) is 0 Å². The summed E-state index contributed by atoms with van der Waals surface area (Å²) in [6.07, 6.45) is 3.04. The Kier molecular flexibility index (Phi) is 3.37. The standard InChI is InChI=1S/C9H10BrN5O/c10-7-8(13-5-14-9(7)15-11)12-4-6-2-1-3-16-6/h1-3,5H,4,11H2,(H2,12,13,14,15). The van der Waals surface area contributed by atoms with Crippen LogP contribution in [0, 0.1) is 0 Å². The number of nitrogen functional groups attached to an aromatic ring is 1. The van der Waals surface area contributed by atoms with Crippen LogP contribution in [0.4, 0.5) is 11.6 Å². The molecule has 6 nitrogen and oxygen atoms in total. The summed E-state index contributed by atoms with van der Waals surface area (Å²) < 4.78 is 5.87. The van der Waals surface area contributed by atoms with Crippen LogP contribution in [0.5, 0.6) is 0 Å². The van der Waals surface area contributed by atoms with Gasteiger partial charge in [-0.2, -0.15) is 0 Å². The van der Waals surface area contributed by atoms with Crippen LogP contribution in [0.3, 0.4) is 0 Å². The fraction of sp³-hybridized carbons (Fsp3) is 0.111. The molecule has 0 aliphatic carbocycles. The zero-order chi connectivity index (χ0) is 11.4. The average molecular weight is 284 g/mol. The van der Waals surface area contributed by atoms with E-state index in [1.54, 1.807) is 6.26 Å². The molecule has 0 aromatic carbocycles. The second-order valence-electron chi connectivity index (χ2n) is 2.96. The molecule has 0 atom stereocenters. The van der Waals surface area contributed by atoms with Crippen molar-refractivity contribution in [2.45, 2.75) is 6.54 Å². The van der Waals surface area contributed by atoms with Crippen LogP contribution in [-0.4, -0.2) is 9.97 Å². The molecule has 2 heterocycles. The summed E-state index contributed by atoms with van der Waals surface area (Å²) in [7, 11) is 0. The van der Waals surface area contributed by atoms with Gasteiger partial charge in [0.05, 0.1) is 12.8 Å². The minimum atomic E-state index is 0.525. The fourth-order valence-electron chi connectivity index (χ4n) is 1.18. The first-order valence-electron chi connectivity index (χ1n) is 4.54. The van der Waals surface area contributed by atoms with E-state index in [-0.39, 0.29) is 0 Å². The number of aromatic nitrogens is 2. The highest BCUT2D eigenvalue weighted by molar-refractivity contribution is 9.10. The van der Waals surface area contributed by atoms with Crippen molar-refractivity contribution >= 4 is 27.6 Å². The van der Waals surface area contributed by atoms with Crippen LogP contribution in [0.1, 0.15) is 5.76 Å². The lowest BCUT2D eigenvalue weighted by Crippen LogP contribution is -2.11. The summed E-state index contributed by atoms with van der Waals surface area (Å²) >= 11 is 3.35. The predicted molar refractivity (Wildman–Crippen MR) is 63.6 cm³/mol. The van der Waals surface area contributed by atoms with Crippen molar-refractivity contribution in [2.24, 2.45) is 5.84 Å². The lowest BCUT2D eigenvalue weighted by molar-refractivity contribution is 0.517. The summed E-state index contributed by atoms with van der Waals surface area (Å²) in [4.78, 5) is 8.02.